The molecular weight excluding hydrogens is 362 g/mol. The summed E-state index contributed by atoms with van der Waals surface area (Å²) in [6.45, 7) is 18.6. The number of benzene rings is 1. The average molecular weight is 404 g/mol. The first-order valence-electron chi connectivity index (χ1n) is 11.1. The second kappa shape index (κ2) is 8.57. The highest BCUT2D eigenvalue weighted by atomic mass is 16.5. The van der Waals surface area contributed by atoms with Crippen LogP contribution in [0.15, 0.2) is 0 Å². The van der Waals surface area contributed by atoms with Crippen LogP contribution >= 0.6 is 0 Å². The van der Waals surface area contributed by atoms with Crippen LogP contribution in [-0.2, 0) is 11.2 Å². The first-order valence-corrected chi connectivity index (χ1v) is 11.1. The topological polar surface area (TPSA) is 61.5 Å². The van der Waals surface area contributed by atoms with Crippen LogP contribution in [0.25, 0.3) is 0 Å². The number of hydrogen-bond acceptors (Lipinski definition) is 4. The van der Waals surface area contributed by atoms with Crippen molar-refractivity contribution in [1.29, 1.82) is 0 Å². The van der Waals surface area contributed by atoms with Gasteiger partial charge in [0.1, 0.15) is 11.4 Å². The van der Waals surface area contributed by atoms with Gasteiger partial charge < -0.3 is 15.2 Å². The first kappa shape index (κ1) is 23.6. The minimum Gasteiger partial charge on any atom is -0.487 e. The molecule has 2 unspecified atom stereocenters. The molecule has 0 radical (unpaired) electrons. The summed E-state index contributed by atoms with van der Waals surface area (Å²) in [6.07, 6.45) is 5.32. The maximum absolute atomic E-state index is 12.4. The van der Waals surface area contributed by atoms with Crippen molar-refractivity contribution < 1.29 is 14.3 Å². The molecule has 0 spiro atoms. The number of hydrogen-bond donors (Lipinski definition) is 1. The maximum Gasteiger partial charge on any atom is 0.316 e. The van der Waals surface area contributed by atoms with Gasteiger partial charge in [0.2, 0.25) is 0 Å². The van der Waals surface area contributed by atoms with Crippen molar-refractivity contribution >= 4 is 11.7 Å². The molecule has 2 atom stereocenters. The molecule has 0 bridgehead atoms. The Hall–Kier alpha value is -1.71. The number of ether oxygens (including phenoxy) is 2. The van der Waals surface area contributed by atoms with Gasteiger partial charge in [-0.05, 0) is 79.1 Å². The van der Waals surface area contributed by atoms with Crippen LogP contribution in [0, 0.1) is 31.1 Å². The largest absolute Gasteiger partial charge is 0.487 e. The number of carbonyl (C=O) groups excluding carboxylic acids is 1. The fourth-order valence-corrected chi connectivity index (χ4v) is 3.84. The normalized spacial score (nSPS) is 20.2. The highest BCUT2D eigenvalue weighted by Gasteiger charge is 2.35. The van der Waals surface area contributed by atoms with E-state index in [4.69, 9.17) is 15.2 Å². The zero-order valence-corrected chi connectivity index (χ0v) is 20.0. The fourth-order valence-electron chi connectivity index (χ4n) is 3.84. The predicted octanol–water partition coefficient (Wildman–Crippen LogP) is 6.38. The van der Waals surface area contributed by atoms with Gasteiger partial charge in [-0.25, -0.2) is 0 Å². The van der Waals surface area contributed by atoms with Crippen molar-refractivity contribution in [2.45, 2.75) is 100 Å². The lowest BCUT2D eigenvalue weighted by molar-refractivity contribution is -0.143. The summed E-state index contributed by atoms with van der Waals surface area (Å²) >= 11 is 0. The Morgan fingerprint density at radius 3 is 2.38 bits per heavy atom. The summed E-state index contributed by atoms with van der Waals surface area (Å²) in [5.74, 6) is 2.57. The van der Waals surface area contributed by atoms with Gasteiger partial charge in [0.05, 0.1) is 11.1 Å². The van der Waals surface area contributed by atoms with Crippen molar-refractivity contribution in [3.63, 3.8) is 0 Å². The SMILES string of the molecule is Cc1c2c(c(C)c(N)c1OC(=O)C(C)(C)C)OC(C)(CCCC(C)C(C)C)CC2. The Morgan fingerprint density at radius 2 is 1.83 bits per heavy atom. The van der Waals surface area contributed by atoms with Gasteiger partial charge >= 0.3 is 5.97 Å². The van der Waals surface area contributed by atoms with E-state index in [1.807, 2.05) is 34.6 Å². The lowest BCUT2D eigenvalue weighted by Gasteiger charge is -2.38. The van der Waals surface area contributed by atoms with E-state index in [1.54, 1.807) is 0 Å². The van der Waals surface area contributed by atoms with E-state index >= 15 is 0 Å². The highest BCUT2D eigenvalue weighted by Crippen LogP contribution is 2.46. The standard InChI is InChI=1S/C25H41NO3/c1-15(2)16(3)11-10-13-25(9)14-12-19-17(4)22(28-23(27)24(6,7)8)20(26)18(5)21(19)29-25/h15-16H,10-14,26H2,1-9H3. The highest BCUT2D eigenvalue weighted by molar-refractivity contribution is 5.82. The second-order valence-corrected chi connectivity index (χ2v) is 10.6. The molecule has 1 aliphatic heterocycles. The Morgan fingerprint density at radius 1 is 1.21 bits per heavy atom. The molecule has 4 nitrogen and oxygen atoms in total. The molecule has 2 N–H and O–H groups in total. The van der Waals surface area contributed by atoms with Crippen LogP contribution in [0.2, 0.25) is 0 Å². The van der Waals surface area contributed by atoms with Crippen molar-refractivity contribution in [2.24, 2.45) is 17.3 Å². The summed E-state index contributed by atoms with van der Waals surface area (Å²) in [5.41, 5.74) is 9.10. The van der Waals surface area contributed by atoms with Gasteiger partial charge in [-0.3, -0.25) is 4.79 Å². The van der Waals surface area contributed by atoms with Crippen LogP contribution in [0.5, 0.6) is 11.5 Å². The quantitative estimate of drug-likeness (QED) is 0.340. The van der Waals surface area contributed by atoms with E-state index < -0.39 is 5.41 Å². The lowest BCUT2D eigenvalue weighted by atomic mass is 9.83. The number of anilines is 1. The predicted molar refractivity (Wildman–Crippen MR) is 121 cm³/mol. The monoisotopic (exact) mass is 403 g/mol. The molecule has 0 fully saturated rings. The van der Waals surface area contributed by atoms with Crippen LogP contribution in [0.3, 0.4) is 0 Å². The van der Waals surface area contributed by atoms with Gasteiger partial charge in [0.15, 0.2) is 5.75 Å². The third-order valence-corrected chi connectivity index (χ3v) is 6.62. The zero-order valence-electron chi connectivity index (χ0n) is 20.0. The smallest absolute Gasteiger partial charge is 0.316 e. The van der Waals surface area contributed by atoms with E-state index in [-0.39, 0.29) is 11.6 Å². The zero-order chi connectivity index (χ0) is 22.1. The minimum atomic E-state index is -0.578. The Balaban J connectivity index is 2.24. The van der Waals surface area contributed by atoms with Crippen molar-refractivity contribution in [1.82, 2.24) is 0 Å². The Bertz CT molecular complexity index is 761. The number of carbonyl (C=O) groups is 1. The molecule has 0 aromatic heterocycles. The van der Waals surface area contributed by atoms with Crippen LogP contribution in [-0.4, -0.2) is 11.6 Å². The molecule has 1 aromatic carbocycles. The third-order valence-electron chi connectivity index (χ3n) is 6.62. The number of fused-ring (bicyclic) bond motifs is 1. The van der Waals surface area contributed by atoms with Crippen molar-refractivity contribution in [3.8, 4) is 11.5 Å². The van der Waals surface area contributed by atoms with Crippen molar-refractivity contribution in [2.75, 3.05) is 5.73 Å². The summed E-state index contributed by atoms with van der Waals surface area (Å²) in [7, 11) is 0. The summed E-state index contributed by atoms with van der Waals surface area (Å²) in [4.78, 5) is 12.4. The first-order chi connectivity index (χ1) is 13.3. The van der Waals surface area contributed by atoms with Gasteiger partial charge in [0, 0.05) is 16.7 Å². The molecule has 2 rings (SSSR count). The molecule has 1 aromatic rings. The number of nitrogen functional groups attached to an aromatic ring is 1. The summed E-state index contributed by atoms with van der Waals surface area (Å²) in [6, 6.07) is 0. The fraction of sp³-hybridized carbons (Fsp3) is 0.720. The van der Waals surface area contributed by atoms with Gasteiger partial charge in [-0.1, -0.05) is 27.2 Å². The molecule has 0 saturated carbocycles. The van der Waals surface area contributed by atoms with Crippen LogP contribution in [0.1, 0.15) is 90.8 Å². The second-order valence-electron chi connectivity index (χ2n) is 10.6. The molecular formula is C25H41NO3. The van der Waals surface area contributed by atoms with E-state index in [0.29, 0.717) is 11.4 Å². The minimum absolute atomic E-state index is 0.170. The molecule has 0 aliphatic carbocycles. The molecule has 29 heavy (non-hydrogen) atoms. The van der Waals surface area contributed by atoms with Gasteiger partial charge in [-0.2, -0.15) is 0 Å². The number of esters is 1. The molecule has 0 saturated heterocycles. The molecule has 0 amide bonds. The van der Waals surface area contributed by atoms with Crippen LogP contribution in [0.4, 0.5) is 5.69 Å². The average Bonchev–Trinajstić information content (AvgIpc) is 2.62. The summed E-state index contributed by atoms with van der Waals surface area (Å²) in [5, 5.41) is 0. The Labute approximate surface area is 177 Å². The van der Waals surface area contributed by atoms with Crippen molar-refractivity contribution in [3.05, 3.63) is 16.7 Å². The van der Waals surface area contributed by atoms with E-state index in [2.05, 4.69) is 27.7 Å². The molecule has 164 valence electrons. The van der Waals surface area contributed by atoms with Gasteiger partial charge in [0.25, 0.3) is 0 Å². The molecule has 1 aliphatic rings. The maximum atomic E-state index is 12.4. The van der Waals surface area contributed by atoms with E-state index in [1.165, 1.54) is 12.8 Å². The molecule has 1 heterocycles. The summed E-state index contributed by atoms with van der Waals surface area (Å²) < 4.78 is 12.3. The Kier molecular flexibility index (Phi) is 6.97. The van der Waals surface area contributed by atoms with Gasteiger partial charge in [-0.15, -0.1) is 0 Å². The molecule has 4 heteroatoms. The van der Waals surface area contributed by atoms with E-state index in [9.17, 15) is 4.79 Å². The number of rotatable bonds is 6. The number of nitrogens with two attached hydrogens (primary N) is 1. The third kappa shape index (κ3) is 5.26. The lowest BCUT2D eigenvalue weighted by Crippen LogP contribution is -2.37. The van der Waals surface area contributed by atoms with E-state index in [0.717, 1.165) is 53.5 Å². The van der Waals surface area contributed by atoms with Crippen LogP contribution < -0.4 is 15.2 Å².